The van der Waals surface area contributed by atoms with Gasteiger partial charge in [-0.15, -0.1) is 0 Å². The Kier molecular flexibility index (Phi) is 6.18. The zero-order chi connectivity index (χ0) is 19.6. The average molecular weight is 417 g/mol. The van der Waals surface area contributed by atoms with Gasteiger partial charge in [-0.3, -0.25) is 9.52 Å². The Morgan fingerprint density at radius 1 is 1.30 bits per heavy atom. The number of sulfonamides is 1. The molecule has 2 saturated heterocycles. The Balaban J connectivity index is 1.61. The number of nitrogens with one attached hydrogen (secondary N) is 1. The summed E-state index contributed by atoms with van der Waals surface area (Å²) in [5.74, 6) is -0.998. The molecule has 1 aromatic carbocycles. The van der Waals surface area contributed by atoms with Crippen molar-refractivity contribution in [3.63, 3.8) is 0 Å². The van der Waals surface area contributed by atoms with Crippen molar-refractivity contribution < 1.29 is 22.7 Å². The van der Waals surface area contributed by atoms with Crippen molar-refractivity contribution in [2.75, 3.05) is 24.1 Å². The van der Waals surface area contributed by atoms with Crippen molar-refractivity contribution in [2.45, 2.75) is 50.8 Å². The lowest BCUT2D eigenvalue weighted by atomic mass is 10.0. The van der Waals surface area contributed by atoms with Crippen LogP contribution in [0.1, 0.15) is 32.6 Å². The number of nitrogens with zero attached hydrogens (tertiary/aromatic N) is 1. The first-order valence-corrected chi connectivity index (χ1v) is 11.1. The van der Waals surface area contributed by atoms with E-state index < -0.39 is 21.7 Å². The Morgan fingerprint density at radius 3 is 2.56 bits per heavy atom. The van der Waals surface area contributed by atoms with E-state index in [0.717, 1.165) is 12.8 Å². The summed E-state index contributed by atoms with van der Waals surface area (Å²) in [6, 6.07) is 5.84. The van der Waals surface area contributed by atoms with Gasteiger partial charge in [0.1, 0.15) is 11.9 Å². The Bertz CT molecular complexity index is 787. The molecule has 2 atom stereocenters. The first-order valence-electron chi connectivity index (χ1n) is 9.11. The first-order chi connectivity index (χ1) is 12.8. The monoisotopic (exact) mass is 416 g/mol. The summed E-state index contributed by atoms with van der Waals surface area (Å²) in [6.07, 6.45) is 4.46. The molecule has 0 amide bonds. The van der Waals surface area contributed by atoms with E-state index in [1.165, 1.54) is 18.9 Å². The van der Waals surface area contributed by atoms with Crippen molar-refractivity contribution in [3.05, 3.63) is 23.2 Å². The molecule has 7 nitrogen and oxygen atoms in total. The zero-order valence-electron chi connectivity index (χ0n) is 15.5. The number of fused-ring (bicyclic) bond motifs is 2. The number of piperidine rings is 1. The highest BCUT2D eigenvalue weighted by molar-refractivity contribution is 7.93. The highest BCUT2D eigenvalue weighted by Crippen LogP contribution is 2.37. The quantitative estimate of drug-likeness (QED) is 0.688. The van der Waals surface area contributed by atoms with Gasteiger partial charge in [0.2, 0.25) is 10.0 Å². The van der Waals surface area contributed by atoms with Crippen LogP contribution in [0.5, 0.6) is 5.75 Å². The molecule has 0 spiro atoms. The van der Waals surface area contributed by atoms with E-state index in [-0.39, 0.29) is 18.4 Å². The minimum atomic E-state index is -3.85. The summed E-state index contributed by atoms with van der Waals surface area (Å²) in [5.41, 5.74) is 0.278. The highest BCUT2D eigenvalue weighted by Gasteiger charge is 2.39. The van der Waals surface area contributed by atoms with E-state index in [1.54, 1.807) is 19.1 Å². The Morgan fingerprint density at radius 2 is 1.96 bits per heavy atom. The van der Waals surface area contributed by atoms with Crippen LogP contribution in [0.25, 0.3) is 0 Å². The molecule has 3 rings (SSSR count). The van der Waals surface area contributed by atoms with Crippen molar-refractivity contribution in [1.29, 1.82) is 0 Å². The van der Waals surface area contributed by atoms with E-state index >= 15 is 0 Å². The maximum absolute atomic E-state index is 12.0. The lowest BCUT2D eigenvalue weighted by Gasteiger charge is -2.36. The number of rotatable bonds is 7. The minimum absolute atomic E-state index is 0.113. The van der Waals surface area contributed by atoms with Crippen LogP contribution in [0.3, 0.4) is 0 Å². The number of anilines is 1. The third-order valence-corrected chi connectivity index (χ3v) is 6.62. The molecule has 2 aliphatic rings. The molecular weight excluding hydrogens is 392 g/mol. The molecule has 2 fully saturated rings. The second-order valence-electron chi connectivity index (χ2n) is 7.07. The summed E-state index contributed by atoms with van der Waals surface area (Å²) >= 11 is 6.29. The Hall–Kier alpha value is -1.51. The zero-order valence-corrected chi connectivity index (χ0v) is 17.1. The predicted octanol–water partition coefficient (Wildman–Crippen LogP) is 2.65. The average Bonchev–Trinajstić information content (AvgIpc) is 2.79. The molecule has 2 bridgehead atoms. The van der Waals surface area contributed by atoms with Crippen LogP contribution >= 0.6 is 11.6 Å². The highest BCUT2D eigenvalue weighted by atomic mass is 35.5. The molecule has 2 heterocycles. The first kappa shape index (κ1) is 20.2. The van der Waals surface area contributed by atoms with Gasteiger partial charge in [-0.1, -0.05) is 11.6 Å². The normalized spacial score (nSPS) is 25.2. The van der Waals surface area contributed by atoms with E-state index in [0.29, 0.717) is 22.9 Å². The lowest BCUT2D eigenvalue weighted by Crippen LogP contribution is -2.43. The van der Waals surface area contributed by atoms with Crippen LogP contribution in [-0.4, -0.2) is 56.9 Å². The van der Waals surface area contributed by atoms with Gasteiger partial charge >= 0.3 is 5.97 Å². The van der Waals surface area contributed by atoms with Crippen LogP contribution in [0.4, 0.5) is 5.69 Å². The lowest BCUT2D eigenvalue weighted by molar-refractivity contribution is -0.139. The van der Waals surface area contributed by atoms with E-state index in [9.17, 15) is 13.2 Å². The van der Waals surface area contributed by atoms with Crippen molar-refractivity contribution in [1.82, 2.24) is 4.90 Å². The van der Waals surface area contributed by atoms with Gasteiger partial charge < -0.3 is 14.4 Å². The van der Waals surface area contributed by atoms with Gasteiger partial charge in [-0.05, 0) is 57.9 Å². The Labute approximate surface area is 165 Å². The van der Waals surface area contributed by atoms with Crippen LogP contribution in [-0.2, 0) is 19.6 Å². The number of ether oxygens (including phenoxy) is 2. The minimum Gasteiger partial charge on any atom is -0.489 e. The third-order valence-electron chi connectivity index (χ3n) is 5.17. The van der Waals surface area contributed by atoms with Gasteiger partial charge in [0.15, 0.2) is 5.75 Å². The summed E-state index contributed by atoms with van der Waals surface area (Å²) in [7, 11) is -1.69. The SMILES string of the molecule is CCOC(=O)CS(=O)(=O)Nc1ccc(OC2CC3CCC(C2)N3C)c(Cl)c1. The molecule has 2 aliphatic heterocycles. The van der Waals surface area contributed by atoms with Crippen LogP contribution in [0, 0.1) is 0 Å². The molecule has 2 unspecified atom stereocenters. The maximum atomic E-state index is 12.0. The van der Waals surface area contributed by atoms with Crippen molar-refractivity contribution >= 4 is 33.3 Å². The molecule has 9 heteroatoms. The molecule has 1 N–H and O–H groups in total. The summed E-state index contributed by atoms with van der Waals surface area (Å²) in [6.45, 7) is 1.75. The van der Waals surface area contributed by atoms with Gasteiger partial charge in [-0.2, -0.15) is 0 Å². The molecule has 0 radical (unpaired) electrons. The maximum Gasteiger partial charge on any atom is 0.323 e. The number of benzene rings is 1. The van der Waals surface area contributed by atoms with Gasteiger partial charge in [0.25, 0.3) is 0 Å². The molecular formula is C18H25ClN2O5S. The fraction of sp³-hybridized carbons (Fsp3) is 0.611. The largest absolute Gasteiger partial charge is 0.489 e. The number of halogens is 1. The van der Waals surface area contributed by atoms with Crippen LogP contribution in [0.15, 0.2) is 18.2 Å². The van der Waals surface area contributed by atoms with Crippen LogP contribution in [0.2, 0.25) is 5.02 Å². The van der Waals surface area contributed by atoms with Crippen LogP contribution < -0.4 is 9.46 Å². The fourth-order valence-electron chi connectivity index (χ4n) is 3.87. The standard InChI is InChI=1S/C18H25ClN2O5S/c1-3-25-18(22)11-27(23,24)20-12-4-7-17(16(19)8-12)26-15-9-13-5-6-14(10-15)21(13)2/h4,7-8,13-15,20H,3,5-6,9-11H2,1-2H3. The second kappa shape index (κ2) is 8.24. The fourth-order valence-corrected chi connectivity index (χ4v) is 5.05. The number of carbonyl (C=O) groups excluding carboxylic acids is 1. The van der Waals surface area contributed by atoms with Gasteiger partial charge in [0.05, 0.1) is 17.3 Å². The number of carbonyl (C=O) groups is 1. The smallest absolute Gasteiger partial charge is 0.323 e. The third kappa shape index (κ3) is 5.06. The van der Waals surface area contributed by atoms with Gasteiger partial charge in [-0.25, -0.2) is 8.42 Å². The molecule has 0 aromatic heterocycles. The topological polar surface area (TPSA) is 84.9 Å². The molecule has 27 heavy (non-hydrogen) atoms. The van der Waals surface area contributed by atoms with E-state index in [1.807, 2.05) is 0 Å². The summed E-state index contributed by atoms with van der Waals surface area (Å²) in [5, 5.41) is 0.331. The van der Waals surface area contributed by atoms with Gasteiger partial charge in [0, 0.05) is 12.1 Å². The summed E-state index contributed by atoms with van der Waals surface area (Å²) < 4.78 is 37.1. The molecule has 0 saturated carbocycles. The number of hydrogen-bond acceptors (Lipinski definition) is 6. The number of esters is 1. The predicted molar refractivity (Wildman–Crippen MR) is 104 cm³/mol. The van der Waals surface area contributed by atoms with Crippen molar-refractivity contribution in [2.24, 2.45) is 0 Å². The summed E-state index contributed by atoms with van der Waals surface area (Å²) in [4.78, 5) is 13.8. The number of hydrogen-bond donors (Lipinski definition) is 1. The van der Waals surface area contributed by atoms with E-state index in [2.05, 4.69) is 21.4 Å². The van der Waals surface area contributed by atoms with E-state index in [4.69, 9.17) is 16.3 Å². The molecule has 1 aromatic rings. The molecule has 0 aliphatic carbocycles. The molecule has 150 valence electrons. The second-order valence-corrected chi connectivity index (χ2v) is 9.20. The van der Waals surface area contributed by atoms with Crippen molar-refractivity contribution in [3.8, 4) is 5.75 Å².